The van der Waals surface area contributed by atoms with Crippen molar-refractivity contribution in [1.29, 1.82) is 0 Å². The van der Waals surface area contributed by atoms with Crippen molar-refractivity contribution >= 4 is 104 Å². The summed E-state index contributed by atoms with van der Waals surface area (Å²) < 4.78 is 40.2. The van der Waals surface area contributed by atoms with E-state index < -0.39 is 8.07 Å². The van der Waals surface area contributed by atoms with Crippen LogP contribution < -0.4 is 63.4 Å². The van der Waals surface area contributed by atoms with Crippen molar-refractivity contribution in [3.8, 4) is 57.5 Å². The Hall–Kier alpha value is -15.5. The third-order valence-corrected chi connectivity index (χ3v) is 24.0. The normalized spacial score (nSPS) is 11.7. The molecule has 0 aliphatic carbocycles. The number of aryl methyl sites for hydroxylation is 7. The van der Waals surface area contributed by atoms with Gasteiger partial charge in [-0.15, -0.1) is 0 Å². The van der Waals surface area contributed by atoms with Gasteiger partial charge in [0.25, 0.3) is 0 Å². The number of aromatic amines is 1. The van der Waals surface area contributed by atoms with E-state index >= 15 is 0 Å². The van der Waals surface area contributed by atoms with Gasteiger partial charge in [0.2, 0.25) is 0 Å². The molecule has 0 aromatic carbocycles. The second-order valence-electron chi connectivity index (χ2n) is 36.1. The number of hydrogen-bond donors (Lipinski definition) is 8. The predicted octanol–water partition coefficient (Wildman–Crippen LogP) is 19.6. The molecule has 0 atom stereocenters. The Morgan fingerprint density at radius 3 is 1.32 bits per heavy atom. The molecule has 137 heavy (non-hydrogen) atoms. The first-order valence-corrected chi connectivity index (χ1v) is 49.0. The maximum absolute atomic E-state index is 6.21. The Kier molecular flexibility index (Phi) is 31.6. The number of nitrogens with one attached hydrogen (secondary N) is 2. The van der Waals surface area contributed by atoms with Gasteiger partial charge in [0.15, 0.2) is 75.0 Å². The van der Waals surface area contributed by atoms with Gasteiger partial charge in [-0.05, 0) is 131 Å². The summed E-state index contributed by atoms with van der Waals surface area (Å²) >= 11 is 0. The quantitative estimate of drug-likeness (QED) is 0.0218. The highest BCUT2D eigenvalue weighted by Crippen LogP contribution is 2.44. The van der Waals surface area contributed by atoms with Gasteiger partial charge in [0.05, 0.1) is 65.3 Å². The van der Waals surface area contributed by atoms with Crippen LogP contribution in [0.1, 0.15) is 204 Å². The first-order chi connectivity index (χ1) is 65.4. The number of rotatable bonds is 23. The van der Waals surface area contributed by atoms with Crippen molar-refractivity contribution in [2.45, 2.75) is 205 Å². The molecule has 0 saturated carbocycles. The summed E-state index contributed by atoms with van der Waals surface area (Å²) in [6, 6.07) is 10.8. The molecule has 0 radical (unpaired) electrons. The van der Waals surface area contributed by atoms with Crippen LogP contribution in [0.5, 0.6) is 57.5 Å². The number of pyridine rings is 8. The number of hydrogen-bond acceptors (Lipinski definition) is 34. The van der Waals surface area contributed by atoms with E-state index in [4.69, 9.17) is 62.8 Å². The molecule has 1 aliphatic rings. The van der Waals surface area contributed by atoms with Gasteiger partial charge < -0.3 is 82.3 Å². The van der Waals surface area contributed by atoms with Crippen molar-refractivity contribution < 1.29 is 28.4 Å². The smallest absolute Gasteiger partial charge is 0.187 e. The topological polar surface area (TPSA) is 520 Å². The number of nitrogens with zero attached hydrogens (tertiary/aromatic N) is 23. The van der Waals surface area contributed by atoms with Crippen LogP contribution in [0.4, 0.5) is 40.7 Å². The summed E-state index contributed by atoms with van der Waals surface area (Å²) in [5, 5.41) is 6.11. The molecule has 0 amide bonds. The Bertz CT molecular complexity index is 7000. The molecule has 18 heterocycles. The number of anilines is 7. The minimum Gasteiger partial charge on any atom is -0.451 e. The SMILES string of the molecule is Cc1ncc(Cc2c(C(C)C)cnc3c2CCN3)c(N)n1.Cc1ncc(Oc2c(C(C)C)cnc3c2ccn3C)c(N)n1.Cc1ncc(Oc2c(C(C)C)cnc3c2ccn3COCC[Si](C)(C)C)c(N)n1.Cc1ncc(Oc2c(C(C)C)cnc3cccnc23)c(N)n1.Cc1ncc(Oc2c(C(C)C)cnc3cnccc23)c(N)n1.Cc1ncc(Oc2c(C(C)C)cnc3nc[nH]c23)c(N)n1. The van der Waals surface area contributed by atoms with E-state index in [1.165, 1.54) is 16.7 Å². The Labute approximate surface area is 796 Å². The monoisotopic (exact) mass is 1870 g/mol. The summed E-state index contributed by atoms with van der Waals surface area (Å²) in [4.78, 5) is 92.7. The van der Waals surface area contributed by atoms with Crippen molar-refractivity contribution in [3.63, 3.8) is 0 Å². The average molecular weight is 1870 g/mol. The first-order valence-electron chi connectivity index (χ1n) is 45.3. The van der Waals surface area contributed by atoms with Crippen LogP contribution in [-0.4, -0.2) is 140 Å². The van der Waals surface area contributed by atoms with Crippen molar-refractivity contribution in [2.75, 3.05) is 52.9 Å². The fourth-order valence-electron chi connectivity index (χ4n) is 14.7. The van der Waals surface area contributed by atoms with Crippen LogP contribution in [0.2, 0.25) is 25.7 Å². The molecule has 18 rings (SSSR count). The lowest BCUT2D eigenvalue weighted by Crippen LogP contribution is -2.22. The molecule has 17 aromatic heterocycles. The van der Waals surface area contributed by atoms with Gasteiger partial charge in [-0.25, -0.2) is 84.7 Å². The molecular formula is C99H121N31O6Si. The number of H-pyrrole nitrogens is 1. The zero-order valence-electron chi connectivity index (χ0n) is 81.7. The average Bonchev–Trinajstić information content (AvgIpc) is 1.65. The molecule has 0 bridgehead atoms. The van der Waals surface area contributed by atoms with Gasteiger partial charge >= 0.3 is 0 Å². The van der Waals surface area contributed by atoms with Crippen LogP contribution in [0.3, 0.4) is 0 Å². The van der Waals surface area contributed by atoms with Gasteiger partial charge in [-0.1, -0.05) is 103 Å². The van der Waals surface area contributed by atoms with E-state index in [-0.39, 0.29) is 29.6 Å². The van der Waals surface area contributed by atoms with Crippen LogP contribution >= 0.6 is 0 Å². The number of imidazole rings is 1. The third-order valence-electron chi connectivity index (χ3n) is 22.2. The zero-order chi connectivity index (χ0) is 98.4. The van der Waals surface area contributed by atoms with E-state index in [0.717, 1.165) is 132 Å². The van der Waals surface area contributed by atoms with Crippen molar-refractivity contribution in [2.24, 2.45) is 7.05 Å². The van der Waals surface area contributed by atoms with Crippen molar-refractivity contribution in [1.82, 2.24) is 119 Å². The number of fused-ring (bicyclic) bond motifs is 6. The zero-order valence-corrected chi connectivity index (χ0v) is 82.7. The highest BCUT2D eigenvalue weighted by atomic mass is 28.3. The summed E-state index contributed by atoms with van der Waals surface area (Å²) in [6.07, 6.45) is 33.4. The van der Waals surface area contributed by atoms with Gasteiger partial charge in [-0.3, -0.25) is 19.9 Å². The molecule has 37 nitrogen and oxygen atoms in total. The number of aromatic nitrogens is 24. The number of nitrogens with two attached hydrogens (primary N) is 6. The van der Waals surface area contributed by atoms with Crippen LogP contribution in [0, 0.1) is 41.5 Å². The molecule has 14 N–H and O–H groups in total. The Morgan fingerprint density at radius 2 is 0.825 bits per heavy atom. The van der Waals surface area contributed by atoms with Gasteiger partial charge in [0, 0.05) is 147 Å². The minimum absolute atomic E-state index is 0.237. The number of ether oxygens (including phenoxy) is 6. The van der Waals surface area contributed by atoms with Crippen molar-refractivity contribution in [3.05, 3.63) is 227 Å². The van der Waals surface area contributed by atoms with Gasteiger partial charge in [-0.2, -0.15) is 0 Å². The third kappa shape index (κ3) is 24.2. The van der Waals surface area contributed by atoms with E-state index in [1.807, 2.05) is 103 Å². The summed E-state index contributed by atoms with van der Waals surface area (Å²) in [7, 11) is 0.848. The van der Waals surface area contributed by atoms with Gasteiger partial charge in [0.1, 0.15) is 92.9 Å². The molecular weight excluding hydrogens is 1750 g/mol. The molecule has 0 fully saturated rings. The molecule has 0 saturated heterocycles. The standard InChI is InChI=1S/C21H31N5O2Si.C16H19N5O.2C16H17N5O.C16H21N5.C14H16N6O/c1-14(2)17-11-24-21-16(7-8-26(21)13-27-9-10-29(4,5)6)19(17)28-18-12-23-15(3)25-20(18)22;1-9(2)12-7-19-16-11(5-6-21(16)4)14(12)22-13-8-18-10(3)20-15(13)17;1-9(2)12-6-20-13-7-18-5-4-11(13)15(12)22-14-8-19-10(3)21-16(14)17;1-9(2)11-7-20-12-5-4-6-18-14(12)15(11)22-13-8-19-10(3)21-16(13)17;1-9(2)14-8-20-16-12(4-5-18-16)13(14)6-11-7-19-10(3)21-15(11)17;1-7(2)9-4-17-14-11(18-6-19-14)12(9)21-10-5-16-8(3)20-13(10)15/h7-8,11-12,14H,9-10,13H2,1-6H3,(H2,22,23,25);5-9H,1-4H3,(H2,17,18,20);2*4-9H,1-3H3,(H2,17,19,21);7-9H,4-6H2,1-3H3,(H,18,20)(H2,17,19,21);4-7H,1-3H3,(H2,15,16,20)(H,17,18,19). The lowest BCUT2D eigenvalue weighted by molar-refractivity contribution is 0.0899. The van der Waals surface area contributed by atoms with E-state index in [1.54, 1.807) is 96.7 Å². The summed E-state index contributed by atoms with van der Waals surface area (Å²) in [5.41, 5.74) is 51.0. The summed E-state index contributed by atoms with van der Waals surface area (Å²) in [5.74, 6) is 14.4. The van der Waals surface area contributed by atoms with Crippen LogP contribution in [-0.2, 0) is 31.4 Å². The molecule has 38 heteroatoms. The first kappa shape index (κ1) is 99.0. The highest BCUT2D eigenvalue weighted by Gasteiger charge is 2.27. The van der Waals surface area contributed by atoms with Crippen LogP contribution in [0.25, 0.3) is 55.2 Å². The molecule has 712 valence electrons. The second kappa shape index (κ2) is 43.7. The summed E-state index contributed by atoms with van der Waals surface area (Å²) in [6.45, 7) is 45.3. The molecule has 1 aliphatic heterocycles. The molecule has 0 spiro atoms. The van der Waals surface area contributed by atoms with E-state index in [9.17, 15) is 0 Å². The fourth-order valence-corrected chi connectivity index (χ4v) is 15.5. The molecule has 17 aromatic rings. The predicted molar refractivity (Wildman–Crippen MR) is 539 cm³/mol. The maximum Gasteiger partial charge on any atom is 0.187 e. The van der Waals surface area contributed by atoms with Crippen LogP contribution in [0.15, 0.2) is 142 Å². The lowest BCUT2D eigenvalue weighted by Gasteiger charge is -2.17. The lowest BCUT2D eigenvalue weighted by atomic mass is 9.91. The highest BCUT2D eigenvalue weighted by molar-refractivity contribution is 6.76. The largest absolute Gasteiger partial charge is 0.451 e. The Balaban J connectivity index is 0.000000139. The maximum atomic E-state index is 6.21. The number of nitrogen functional groups attached to an aromatic ring is 6. The van der Waals surface area contributed by atoms with E-state index in [0.29, 0.717) is 134 Å². The second-order valence-corrected chi connectivity index (χ2v) is 41.7. The fraction of sp³-hybridized carbons (Fsp3) is 0.343. The minimum atomic E-state index is -1.11. The molecule has 0 unspecified atom stereocenters. The van der Waals surface area contributed by atoms with E-state index in [2.05, 4.69) is 218 Å². The Morgan fingerprint density at radius 1 is 0.401 bits per heavy atom.